The number of fused-ring (bicyclic) bond motifs is 5. The highest BCUT2D eigenvalue weighted by atomic mass is 16.5. The van der Waals surface area contributed by atoms with E-state index in [0.717, 1.165) is 10.9 Å². The van der Waals surface area contributed by atoms with E-state index in [1.807, 2.05) is 6.07 Å². The Morgan fingerprint density at radius 3 is 2.89 bits per heavy atom. The van der Waals surface area contributed by atoms with Gasteiger partial charge >= 0.3 is 5.97 Å². The molecule has 0 amide bonds. The molecule has 8 heteroatoms. The van der Waals surface area contributed by atoms with Gasteiger partial charge in [-0.25, -0.2) is 9.78 Å². The van der Waals surface area contributed by atoms with Crippen molar-refractivity contribution in [2.24, 2.45) is 5.73 Å². The third kappa shape index (κ3) is 2.08. The summed E-state index contributed by atoms with van der Waals surface area (Å²) in [6.07, 6.45) is -1.47. The van der Waals surface area contributed by atoms with Gasteiger partial charge in [-0.15, -0.1) is 0 Å². The zero-order chi connectivity index (χ0) is 18.9. The molecule has 0 saturated heterocycles. The number of carbonyl (C=O) groups excluding carboxylic acids is 1. The van der Waals surface area contributed by atoms with Crippen LogP contribution in [0.25, 0.3) is 22.3 Å². The van der Waals surface area contributed by atoms with Gasteiger partial charge in [-0.3, -0.25) is 4.79 Å². The number of nitrogens with zero attached hydrogens (tertiary/aromatic N) is 2. The average molecular weight is 365 g/mol. The lowest BCUT2D eigenvalue weighted by molar-refractivity contribution is -0.157. The lowest BCUT2D eigenvalue weighted by Gasteiger charge is -2.21. The fraction of sp³-hybridized carbons (Fsp3) is 0.211. The first-order valence-corrected chi connectivity index (χ1v) is 8.46. The molecule has 3 aromatic rings. The van der Waals surface area contributed by atoms with Crippen molar-refractivity contribution in [3.63, 3.8) is 0 Å². The topological polar surface area (TPSA) is 128 Å². The van der Waals surface area contributed by atoms with Gasteiger partial charge in [-0.2, -0.15) is 0 Å². The first kappa shape index (κ1) is 16.0. The summed E-state index contributed by atoms with van der Waals surface area (Å²) in [6, 6.07) is 6.74. The molecule has 5 rings (SSSR count). The van der Waals surface area contributed by atoms with Crippen LogP contribution in [0, 0.1) is 0 Å². The molecule has 2 aliphatic heterocycles. The van der Waals surface area contributed by atoms with Crippen LogP contribution in [-0.4, -0.2) is 25.7 Å². The third-order valence-electron chi connectivity index (χ3n) is 5.25. The van der Waals surface area contributed by atoms with Gasteiger partial charge in [-0.1, -0.05) is 0 Å². The summed E-state index contributed by atoms with van der Waals surface area (Å²) in [5.74, 6) is -0.659. The van der Waals surface area contributed by atoms with Gasteiger partial charge in [0.15, 0.2) is 6.10 Å². The summed E-state index contributed by atoms with van der Waals surface area (Å²) in [7, 11) is 0. The maximum absolute atomic E-state index is 12.9. The Hall–Kier alpha value is -3.23. The molecule has 0 saturated carbocycles. The Bertz CT molecular complexity index is 1210. The summed E-state index contributed by atoms with van der Waals surface area (Å²) >= 11 is 0. The second-order valence-corrected chi connectivity index (χ2v) is 6.70. The number of aliphatic hydroxyl groups excluding tert-OH is 1. The molecule has 136 valence electrons. The van der Waals surface area contributed by atoms with Gasteiger partial charge in [-0.05, 0) is 24.3 Å². The van der Waals surface area contributed by atoms with E-state index in [0.29, 0.717) is 29.0 Å². The SMILES string of the molecule is NCc1c(O)ccc2nc3c(cc12)Cn1c-3cc2c(c1=O)COC(=O)C2O. The minimum absolute atomic E-state index is 0.105. The van der Waals surface area contributed by atoms with E-state index >= 15 is 0 Å². The quantitative estimate of drug-likeness (QED) is 0.423. The van der Waals surface area contributed by atoms with Crippen LogP contribution in [0.2, 0.25) is 0 Å². The Morgan fingerprint density at radius 2 is 2.11 bits per heavy atom. The number of aliphatic hydroxyl groups is 1. The Morgan fingerprint density at radius 1 is 1.30 bits per heavy atom. The monoisotopic (exact) mass is 365 g/mol. The molecule has 27 heavy (non-hydrogen) atoms. The molecule has 0 bridgehead atoms. The van der Waals surface area contributed by atoms with Crippen molar-refractivity contribution in [2.75, 3.05) is 0 Å². The van der Waals surface area contributed by atoms with Crippen molar-refractivity contribution < 1.29 is 19.7 Å². The minimum atomic E-state index is -1.47. The average Bonchev–Trinajstić information content (AvgIpc) is 3.02. The molecule has 1 atom stereocenters. The summed E-state index contributed by atoms with van der Waals surface area (Å²) in [4.78, 5) is 29.2. The zero-order valence-electron chi connectivity index (χ0n) is 14.1. The molecular weight excluding hydrogens is 350 g/mol. The van der Waals surface area contributed by atoms with E-state index in [1.54, 1.807) is 22.8 Å². The number of aromatic nitrogens is 2. The lowest BCUT2D eigenvalue weighted by Crippen LogP contribution is -2.32. The molecule has 8 nitrogen and oxygen atoms in total. The van der Waals surface area contributed by atoms with Gasteiger partial charge in [0, 0.05) is 28.6 Å². The van der Waals surface area contributed by atoms with Gasteiger partial charge in [0.1, 0.15) is 12.4 Å². The summed E-state index contributed by atoms with van der Waals surface area (Å²) in [5, 5.41) is 20.9. The molecule has 0 radical (unpaired) electrons. The summed E-state index contributed by atoms with van der Waals surface area (Å²) in [6.45, 7) is 0.321. The molecule has 4 heterocycles. The number of benzene rings is 1. The van der Waals surface area contributed by atoms with Gasteiger partial charge in [0.05, 0.1) is 29.0 Å². The van der Waals surface area contributed by atoms with E-state index in [1.165, 1.54) is 0 Å². The fourth-order valence-electron chi connectivity index (χ4n) is 3.86. The number of phenolic OH excluding ortho intramolecular Hbond substituents is 1. The number of nitrogens with two attached hydrogens (primary N) is 1. The van der Waals surface area contributed by atoms with Crippen LogP contribution in [0.15, 0.2) is 29.1 Å². The molecule has 0 fully saturated rings. The maximum Gasteiger partial charge on any atom is 0.340 e. The number of hydrogen-bond donors (Lipinski definition) is 3. The van der Waals surface area contributed by atoms with Crippen molar-refractivity contribution in [1.82, 2.24) is 9.55 Å². The van der Waals surface area contributed by atoms with E-state index < -0.39 is 12.1 Å². The highest BCUT2D eigenvalue weighted by Crippen LogP contribution is 2.36. The number of phenols is 1. The third-order valence-corrected chi connectivity index (χ3v) is 5.25. The predicted molar refractivity (Wildman–Crippen MR) is 94.9 cm³/mol. The van der Waals surface area contributed by atoms with Crippen LogP contribution in [0.4, 0.5) is 0 Å². The molecule has 2 aliphatic rings. The first-order chi connectivity index (χ1) is 13.0. The van der Waals surface area contributed by atoms with Gasteiger partial charge in [0.2, 0.25) is 0 Å². The van der Waals surface area contributed by atoms with Gasteiger partial charge in [0.25, 0.3) is 5.56 Å². The van der Waals surface area contributed by atoms with Crippen LogP contribution < -0.4 is 11.3 Å². The lowest BCUT2D eigenvalue weighted by atomic mass is 10.00. The molecule has 0 spiro atoms. The fourth-order valence-corrected chi connectivity index (χ4v) is 3.86. The molecular formula is C19H15N3O5. The number of hydrogen-bond acceptors (Lipinski definition) is 7. The Balaban J connectivity index is 1.78. The largest absolute Gasteiger partial charge is 0.508 e. The molecule has 2 aromatic heterocycles. The number of aromatic hydroxyl groups is 1. The molecule has 1 unspecified atom stereocenters. The number of cyclic esters (lactones) is 1. The second kappa shape index (κ2) is 5.38. The number of pyridine rings is 2. The minimum Gasteiger partial charge on any atom is -0.508 e. The molecule has 4 N–H and O–H groups in total. The van der Waals surface area contributed by atoms with Crippen LogP contribution in [0.5, 0.6) is 5.75 Å². The number of esters is 1. The Labute approximate surface area is 152 Å². The number of ether oxygens (including phenoxy) is 1. The van der Waals surface area contributed by atoms with Crippen LogP contribution in [0.3, 0.4) is 0 Å². The van der Waals surface area contributed by atoms with Crippen LogP contribution in [-0.2, 0) is 29.2 Å². The van der Waals surface area contributed by atoms with Crippen molar-refractivity contribution in [2.45, 2.75) is 25.8 Å². The standard InChI is InChI=1S/C19H15N3O5/c20-5-11-9-3-8-6-22-14(16(8)21-13(9)1-2-15(11)23)4-10-12(18(22)25)7-27-19(26)17(10)24/h1-4,17,23-24H,5-7,20H2. The van der Waals surface area contributed by atoms with Crippen molar-refractivity contribution in [3.8, 4) is 17.1 Å². The van der Waals surface area contributed by atoms with Crippen LogP contribution >= 0.6 is 0 Å². The van der Waals surface area contributed by atoms with Gasteiger partial charge < -0.3 is 25.3 Å². The van der Waals surface area contributed by atoms with E-state index in [9.17, 15) is 19.8 Å². The van der Waals surface area contributed by atoms with E-state index in [4.69, 9.17) is 10.5 Å². The predicted octanol–water partition coefficient (Wildman–Crippen LogP) is 0.680. The highest BCUT2D eigenvalue weighted by Gasteiger charge is 2.33. The van der Waals surface area contributed by atoms with E-state index in [-0.39, 0.29) is 35.6 Å². The van der Waals surface area contributed by atoms with Crippen molar-refractivity contribution in [1.29, 1.82) is 0 Å². The van der Waals surface area contributed by atoms with Crippen LogP contribution in [0.1, 0.15) is 28.4 Å². The highest BCUT2D eigenvalue weighted by molar-refractivity contribution is 5.88. The number of rotatable bonds is 1. The van der Waals surface area contributed by atoms with Crippen molar-refractivity contribution in [3.05, 3.63) is 56.9 Å². The normalized spacial score (nSPS) is 17.4. The number of carbonyl (C=O) groups is 1. The van der Waals surface area contributed by atoms with Crippen molar-refractivity contribution >= 4 is 16.9 Å². The zero-order valence-corrected chi connectivity index (χ0v) is 14.1. The van der Waals surface area contributed by atoms with E-state index in [2.05, 4.69) is 4.98 Å². The summed E-state index contributed by atoms with van der Waals surface area (Å²) < 4.78 is 6.44. The second-order valence-electron chi connectivity index (χ2n) is 6.70. The summed E-state index contributed by atoms with van der Waals surface area (Å²) in [5.41, 5.74) is 9.22. The molecule has 1 aromatic carbocycles. The Kier molecular flexibility index (Phi) is 3.19. The smallest absolute Gasteiger partial charge is 0.340 e. The maximum atomic E-state index is 12.9. The first-order valence-electron chi connectivity index (χ1n) is 8.46. The molecule has 0 aliphatic carbocycles.